The first kappa shape index (κ1) is 26.7. The average Bonchev–Trinajstić information content (AvgIpc) is 3.74. The molecule has 0 bridgehead atoms. The molecule has 0 unspecified atom stereocenters. The maximum Gasteiger partial charge on any atom is 0.145 e. The maximum absolute atomic E-state index is 6.30. The van der Waals surface area contributed by atoms with Gasteiger partial charge >= 0.3 is 0 Å². The Kier molecular flexibility index (Phi) is 5.84. The van der Waals surface area contributed by atoms with Crippen molar-refractivity contribution in [1.29, 1.82) is 0 Å². The van der Waals surface area contributed by atoms with E-state index in [0.29, 0.717) is 0 Å². The van der Waals surface area contributed by atoms with Crippen LogP contribution in [0.15, 0.2) is 168 Å². The molecule has 0 aliphatic heterocycles. The normalized spacial score (nSPS) is 11.8. The molecule has 3 heterocycles. The van der Waals surface area contributed by atoms with Crippen LogP contribution in [0.2, 0.25) is 0 Å². The SMILES string of the molecule is c1ccc(-n2c(-c3ccc(-c4cccc(-c5nc6ccccc6c6c5ccc5oc7ccccc7c56)c4)cc3)nc3ccccc32)cc1. The number of imidazole rings is 1. The molecule has 4 nitrogen and oxygen atoms in total. The second-order valence-corrected chi connectivity index (χ2v) is 12.2. The molecular weight excluding hydrogens is 587 g/mol. The lowest BCUT2D eigenvalue weighted by Crippen LogP contribution is -1.97. The van der Waals surface area contributed by atoms with Gasteiger partial charge in [0.05, 0.1) is 22.2 Å². The molecule has 48 heavy (non-hydrogen) atoms. The van der Waals surface area contributed by atoms with Gasteiger partial charge in [0.2, 0.25) is 0 Å². The molecule has 0 amide bonds. The van der Waals surface area contributed by atoms with Crippen molar-refractivity contribution >= 4 is 54.6 Å². The number of furan rings is 1. The van der Waals surface area contributed by atoms with Gasteiger partial charge in [0.25, 0.3) is 0 Å². The number of hydrogen-bond donors (Lipinski definition) is 0. The zero-order chi connectivity index (χ0) is 31.6. The van der Waals surface area contributed by atoms with Gasteiger partial charge in [-0.05, 0) is 65.7 Å². The Morgan fingerprint density at radius 2 is 1.12 bits per heavy atom. The number of fused-ring (bicyclic) bond motifs is 8. The molecule has 0 aliphatic rings. The zero-order valence-electron chi connectivity index (χ0n) is 25.8. The van der Waals surface area contributed by atoms with Crippen molar-refractivity contribution in [3.63, 3.8) is 0 Å². The van der Waals surface area contributed by atoms with Crippen LogP contribution in [-0.2, 0) is 0 Å². The van der Waals surface area contributed by atoms with Gasteiger partial charge in [0.1, 0.15) is 17.0 Å². The summed E-state index contributed by atoms with van der Waals surface area (Å²) in [5.41, 5.74) is 11.3. The molecule has 0 fully saturated rings. The van der Waals surface area contributed by atoms with E-state index < -0.39 is 0 Å². The van der Waals surface area contributed by atoms with E-state index >= 15 is 0 Å². The molecule has 7 aromatic carbocycles. The van der Waals surface area contributed by atoms with E-state index in [9.17, 15) is 0 Å². The summed E-state index contributed by atoms with van der Waals surface area (Å²) < 4.78 is 8.53. The number of nitrogens with zero attached hydrogens (tertiary/aromatic N) is 3. The Balaban J connectivity index is 1.11. The molecule has 224 valence electrons. The molecule has 0 aliphatic carbocycles. The number of benzene rings is 7. The summed E-state index contributed by atoms with van der Waals surface area (Å²) in [4.78, 5) is 10.3. The molecule has 0 saturated heterocycles. The molecular formula is C44H27N3O. The minimum absolute atomic E-state index is 0.889. The van der Waals surface area contributed by atoms with Crippen LogP contribution in [0, 0.1) is 0 Å². The third kappa shape index (κ3) is 4.10. The molecule has 0 N–H and O–H groups in total. The predicted molar refractivity (Wildman–Crippen MR) is 197 cm³/mol. The number of rotatable bonds is 4. The summed E-state index contributed by atoms with van der Waals surface area (Å²) in [6.45, 7) is 0. The first-order valence-corrected chi connectivity index (χ1v) is 16.2. The summed E-state index contributed by atoms with van der Waals surface area (Å²) in [6.07, 6.45) is 0. The molecule has 0 atom stereocenters. The van der Waals surface area contributed by atoms with Gasteiger partial charge in [-0.25, -0.2) is 9.97 Å². The highest BCUT2D eigenvalue weighted by molar-refractivity contribution is 6.28. The summed E-state index contributed by atoms with van der Waals surface area (Å²) >= 11 is 0. The lowest BCUT2D eigenvalue weighted by Gasteiger charge is -2.13. The number of aromatic nitrogens is 3. The van der Waals surface area contributed by atoms with Crippen LogP contribution >= 0.6 is 0 Å². The van der Waals surface area contributed by atoms with Crippen LogP contribution in [0.4, 0.5) is 0 Å². The van der Waals surface area contributed by atoms with Gasteiger partial charge in [-0.3, -0.25) is 4.57 Å². The second-order valence-electron chi connectivity index (χ2n) is 12.2. The van der Waals surface area contributed by atoms with Crippen molar-refractivity contribution in [1.82, 2.24) is 14.5 Å². The van der Waals surface area contributed by atoms with Crippen molar-refractivity contribution in [3.8, 4) is 39.5 Å². The van der Waals surface area contributed by atoms with Crippen LogP contribution in [0.3, 0.4) is 0 Å². The summed E-state index contributed by atoms with van der Waals surface area (Å²) in [6, 6.07) is 57.1. The number of hydrogen-bond acceptors (Lipinski definition) is 3. The topological polar surface area (TPSA) is 43.9 Å². The predicted octanol–water partition coefficient (Wildman–Crippen LogP) is 11.6. The second kappa shape index (κ2) is 10.5. The first-order valence-electron chi connectivity index (χ1n) is 16.2. The van der Waals surface area contributed by atoms with Crippen molar-refractivity contribution in [2.75, 3.05) is 0 Å². The lowest BCUT2D eigenvalue weighted by molar-refractivity contribution is 0.669. The van der Waals surface area contributed by atoms with E-state index in [1.54, 1.807) is 0 Å². The van der Waals surface area contributed by atoms with Gasteiger partial charge in [-0.1, -0.05) is 109 Å². The summed E-state index contributed by atoms with van der Waals surface area (Å²) in [7, 11) is 0. The van der Waals surface area contributed by atoms with Crippen LogP contribution in [-0.4, -0.2) is 14.5 Å². The fourth-order valence-electron chi connectivity index (χ4n) is 7.19. The fraction of sp³-hybridized carbons (Fsp3) is 0. The van der Waals surface area contributed by atoms with Crippen molar-refractivity contribution < 1.29 is 4.42 Å². The lowest BCUT2D eigenvalue weighted by atomic mass is 9.94. The average molecular weight is 614 g/mol. The van der Waals surface area contributed by atoms with E-state index in [0.717, 1.165) is 88.7 Å². The van der Waals surface area contributed by atoms with Crippen LogP contribution < -0.4 is 0 Å². The van der Waals surface area contributed by atoms with E-state index in [-0.39, 0.29) is 0 Å². The summed E-state index contributed by atoms with van der Waals surface area (Å²) in [5.74, 6) is 0.924. The quantitative estimate of drug-likeness (QED) is 0.186. The standard InChI is InChI=1S/C44H27N3O/c1-2-13-32(14-3-1)47-38-19-8-7-18-37(38)46-44(47)29-23-21-28(22-24-29)30-11-10-12-31(27-30)43-35-25-26-40-42(34-16-5-9-20-39(34)48-40)41(35)33-15-4-6-17-36(33)45-43/h1-27H. The van der Waals surface area contributed by atoms with Crippen molar-refractivity contribution in [3.05, 3.63) is 164 Å². The van der Waals surface area contributed by atoms with Crippen LogP contribution in [0.25, 0.3) is 94.1 Å². The molecule has 10 rings (SSSR count). The third-order valence-electron chi connectivity index (χ3n) is 9.39. The third-order valence-corrected chi connectivity index (χ3v) is 9.39. The van der Waals surface area contributed by atoms with E-state index in [4.69, 9.17) is 14.4 Å². The van der Waals surface area contributed by atoms with Gasteiger partial charge in [-0.2, -0.15) is 0 Å². The zero-order valence-corrected chi connectivity index (χ0v) is 25.8. The first-order chi connectivity index (χ1) is 23.8. The Bertz CT molecular complexity index is 2830. The molecule has 0 radical (unpaired) electrons. The smallest absolute Gasteiger partial charge is 0.145 e. The van der Waals surface area contributed by atoms with Gasteiger partial charge in [-0.15, -0.1) is 0 Å². The van der Waals surface area contributed by atoms with Gasteiger partial charge in [0.15, 0.2) is 0 Å². The molecule has 0 saturated carbocycles. The van der Waals surface area contributed by atoms with Gasteiger partial charge in [0, 0.05) is 43.7 Å². The fourth-order valence-corrected chi connectivity index (χ4v) is 7.19. The Morgan fingerprint density at radius 1 is 0.417 bits per heavy atom. The minimum Gasteiger partial charge on any atom is -0.456 e. The Morgan fingerprint density at radius 3 is 2.00 bits per heavy atom. The summed E-state index contributed by atoms with van der Waals surface area (Å²) in [5, 5.41) is 5.67. The largest absolute Gasteiger partial charge is 0.456 e. The van der Waals surface area contributed by atoms with E-state index in [1.807, 2.05) is 24.3 Å². The Labute approximate surface area is 276 Å². The monoisotopic (exact) mass is 613 g/mol. The van der Waals surface area contributed by atoms with E-state index in [1.165, 1.54) is 5.39 Å². The molecule has 10 aromatic rings. The molecule has 0 spiro atoms. The minimum atomic E-state index is 0.889. The highest BCUT2D eigenvalue weighted by atomic mass is 16.3. The van der Waals surface area contributed by atoms with Gasteiger partial charge < -0.3 is 4.42 Å². The van der Waals surface area contributed by atoms with E-state index in [2.05, 4.69) is 144 Å². The van der Waals surface area contributed by atoms with Crippen LogP contribution in [0.5, 0.6) is 0 Å². The molecule has 3 aromatic heterocycles. The van der Waals surface area contributed by atoms with Crippen molar-refractivity contribution in [2.24, 2.45) is 0 Å². The number of pyridine rings is 1. The number of para-hydroxylation sites is 5. The highest BCUT2D eigenvalue weighted by Gasteiger charge is 2.18. The Hall–Kier alpha value is -6.52. The van der Waals surface area contributed by atoms with Crippen molar-refractivity contribution in [2.45, 2.75) is 0 Å². The maximum atomic E-state index is 6.30. The highest BCUT2D eigenvalue weighted by Crippen LogP contribution is 2.41. The molecule has 4 heteroatoms. The van der Waals surface area contributed by atoms with Crippen LogP contribution in [0.1, 0.15) is 0 Å².